The topological polar surface area (TPSA) is 202 Å². The van der Waals surface area contributed by atoms with Crippen molar-refractivity contribution in [2.45, 2.75) is 13.8 Å². The van der Waals surface area contributed by atoms with Gasteiger partial charge in [-0.1, -0.05) is 0 Å². The fraction of sp³-hybridized carbons (Fsp3) is 1.00. The molecule has 17 heavy (non-hydrogen) atoms. The Labute approximate surface area is 96.9 Å². The van der Waals surface area contributed by atoms with Gasteiger partial charge in [0.25, 0.3) is 0 Å². The van der Waals surface area contributed by atoms with Crippen molar-refractivity contribution in [2.24, 2.45) is 0 Å². The molecule has 0 unspecified atom stereocenters. The summed E-state index contributed by atoms with van der Waals surface area (Å²) >= 11 is 0. The second-order valence-corrected chi connectivity index (χ2v) is 3.24. The van der Waals surface area contributed by atoms with E-state index in [9.17, 15) is 0 Å². The minimum Gasteiger partial charge on any atom is -0.759 e. The molecule has 0 amide bonds. The normalized spacial score (nSPS) is 11.9. The first-order valence-corrected chi connectivity index (χ1v) is 5.25. The van der Waals surface area contributed by atoms with Crippen LogP contribution in [0.4, 0.5) is 0 Å². The summed E-state index contributed by atoms with van der Waals surface area (Å²) in [5.74, 6) is 0. The van der Waals surface area contributed by atoms with Crippen LogP contribution in [-0.4, -0.2) is 71.8 Å². The second-order valence-electron chi connectivity index (χ2n) is 2.43. The van der Waals surface area contributed by atoms with Crippen molar-refractivity contribution < 1.29 is 58.7 Å². The van der Waals surface area contributed by atoms with Crippen LogP contribution in [0.1, 0.15) is 13.8 Å². The minimum atomic E-state index is -5.17. The zero-order valence-corrected chi connectivity index (χ0v) is 9.85. The Bertz CT molecular complexity index is 241. The Balaban J connectivity index is -0.000000174. The van der Waals surface area contributed by atoms with Gasteiger partial charge in [0.1, 0.15) is 0 Å². The average Bonchev–Trinajstić information content (AvgIpc) is 2.00. The molecule has 0 heterocycles. The van der Waals surface area contributed by atoms with Crippen molar-refractivity contribution >= 4 is 10.4 Å². The summed E-state index contributed by atoms with van der Waals surface area (Å²) in [6, 6.07) is 0. The van der Waals surface area contributed by atoms with Gasteiger partial charge in [0, 0.05) is 10.4 Å². The summed E-state index contributed by atoms with van der Waals surface area (Å²) < 4.78 is 34.1. The number of rotatable bonds is 2. The molecule has 0 aliphatic carbocycles. The third-order valence-corrected chi connectivity index (χ3v) is 0.849. The largest absolute Gasteiger partial charge is 0.759 e. The minimum absolute atomic E-state index is 0.125. The summed E-state index contributed by atoms with van der Waals surface area (Å²) in [5.41, 5.74) is 0. The number of hydrogen-bond donors (Lipinski definition) is 6. The third-order valence-electron chi connectivity index (χ3n) is 0.849. The zero-order chi connectivity index (χ0) is 14.9. The zero-order valence-electron chi connectivity index (χ0n) is 9.03. The molecule has 0 spiro atoms. The van der Waals surface area contributed by atoms with Gasteiger partial charge in [-0.15, -0.1) is 31.2 Å². The Kier molecular flexibility index (Phi) is 11.0. The van der Waals surface area contributed by atoms with E-state index in [0.29, 0.717) is 0 Å². The molecule has 0 atom stereocenters. The lowest BCUT2D eigenvalue weighted by atomic mass is 10.8. The number of nitrogens with zero attached hydrogens (tertiary/aromatic N) is 2. The van der Waals surface area contributed by atoms with Gasteiger partial charge in [-0.25, -0.2) is 0 Å². The molecular formula is C4H16N2O10S. The van der Waals surface area contributed by atoms with Crippen LogP contribution in [0.15, 0.2) is 0 Å². The predicted molar refractivity (Wildman–Crippen MR) is 42.8 cm³/mol. The van der Waals surface area contributed by atoms with E-state index in [4.69, 9.17) is 48.8 Å². The molecule has 0 rings (SSSR count). The fourth-order valence-corrected chi connectivity index (χ4v) is 0. The molecule has 0 saturated heterocycles. The quantitative estimate of drug-likeness (QED) is 0.152. The first-order chi connectivity index (χ1) is 7.12. The molecule has 12 nitrogen and oxygen atoms in total. The second kappa shape index (κ2) is 8.61. The molecular weight excluding hydrogens is 268 g/mol. The maximum Gasteiger partial charge on any atom is 0.174 e. The van der Waals surface area contributed by atoms with Gasteiger partial charge in [-0.3, -0.25) is 8.42 Å². The van der Waals surface area contributed by atoms with Crippen LogP contribution in [0.5, 0.6) is 0 Å². The van der Waals surface area contributed by atoms with E-state index in [1.165, 1.54) is 13.8 Å². The van der Waals surface area contributed by atoms with Crippen molar-refractivity contribution in [1.82, 2.24) is 0 Å². The summed E-state index contributed by atoms with van der Waals surface area (Å²) in [4.78, 5) is -3.86. The molecule has 0 aromatic heterocycles. The van der Waals surface area contributed by atoms with E-state index in [1.54, 1.807) is 0 Å². The van der Waals surface area contributed by atoms with Gasteiger partial charge in [-0.05, 0) is 13.8 Å². The SMILES string of the molecule is CC[N+](O)(O)O.CC[N+](O)(O)O.O=S(=O)([O-])[O-]. The van der Waals surface area contributed by atoms with Crippen LogP contribution in [0.3, 0.4) is 0 Å². The third kappa shape index (κ3) is 92.7. The van der Waals surface area contributed by atoms with E-state index in [2.05, 4.69) is 0 Å². The van der Waals surface area contributed by atoms with Gasteiger partial charge in [0.2, 0.25) is 0 Å². The lowest BCUT2D eigenvalue weighted by molar-refractivity contribution is -1.37. The van der Waals surface area contributed by atoms with Crippen molar-refractivity contribution in [3.05, 3.63) is 0 Å². The van der Waals surface area contributed by atoms with Gasteiger partial charge in [0.15, 0.2) is 13.1 Å². The van der Waals surface area contributed by atoms with Crippen LogP contribution < -0.4 is 0 Å². The monoisotopic (exact) mass is 284 g/mol. The van der Waals surface area contributed by atoms with Crippen LogP contribution in [0.2, 0.25) is 0 Å². The van der Waals surface area contributed by atoms with Gasteiger partial charge in [0.05, 0.1) is 9.95 Å². The van der Waals surface area contributed by atoms with Crippen LogP contribution in [0, 0.1) is 0 Å². The Morgan fingerprint density at radius 2 is 0.882 bits per heavy atom. The molecule has 0 fully saturated rings. The Morgan fingerprint density at radius 1 is 0.824 bits per heavy atom. The highest BCUT2D eigenvalue weighted by atomic mass is 32.3. The first kappa shape index (κ1) is 21.8. The lowest BCUT2D eigenvalue weighted by Crippen LogP contribution is -2.36. The fourth-order valence-electron chi connectivity index (χ4n) is 0. The van der Waals surface area contributed by atoms with Crippen LogP contribution in [0.25, 0.3) is 0 Å². The Morgan fingerprint density at radius 3 is 0.882 bits per heavy atom. The van der Waals surface area contributed by atoms with Crippen molar-refractivity contribution in [3.8, 4) is 0 Å². The molecule has 0 saturated carbocycles. The van der Waals surface area contributed by atoms with Gasteiger partial charge < -0.3 is 9.11 Å². The summed E-state index contributed by atoms with van der Waals surface area (Å²) in [6.45, 7) is 2.61. The smallest absolute Gasteiger partial charge is 0.174 e. The van der Waals surface area contributed by atoms with Crippen LogP contribution in [-0.2, 0) is 10.4 Å². The molecule has 0 bridgehead atoms. The number of quaternary nitrogens is 2. The van der Waals surface area contributed by atoms with Crippen molar-refractivity contribution in [1.29, 1.82) is 0 Å². The lowest BCUT2D eigenvalue weighted by Gasteiger charge is -2.06. The van der Waals surface area contributed by atoms with Crippen molar-refractivity contribution in [2.75, 3.05) is 13.1 Å². The van der Waals surface area contributed by atoms with Gasteiger partial charge >= 0.3 is 0 Å². The Hall–Kier alpha value is -0.450. The van der Waals surface area contributed by atoms with E-state index >= 15 is 0 Å². The van der Waals surface area contributed by atoms with Crippen LogP contribution >= 0.6 is 0 Å². The highest BCUT2D eigenvalue weighted by Gasteiger charge is 2.11. The molecule has 0 aliphatic rings. The molecule has 13 heteroatoms. The standard InChI is InChI=1S/2C2H8NO3.H2O4S/c2*1-2-3(4,5)6;1-5(2,3)4/h2*4-6H,2H2,1H3;(H2,1,2,3,4)/q2*+1;/p-2. The summed E-state index contributed by atoms with van der Waals surface area (Å²) in [7, 11) is -5.17. The van der Waals surface area contributed by atoms with E-state index in [1.807, 2.05) is 0 Å². The summed E-state index contributed by atoms with van der Waals surface area (Å²) in [5, 5.41) is 47.2. The highest BCUT2D eigenvalue weighted by Crippen LogP contribution is 1.81. The molecule has 108 valence electrons. The van der Waals surface area contributed by atoms with E-state index in [-0.39, 0.29) is 13.1 Å². The molecule has 0 radical (unpaired) electrons. The molecule has 6 N–H and O–H groups in total. The van der Waals surface area contributed by atoms with E-state index < -0.39 is 20.3 Å². The molecule has 0 aliphatic heterocycles. The van der Waals surface area contributed by atoms with Gasteiger partial charge in [-0.2, -0.15) is 0 Å². The number of hydroxylamine groups is 6. The maximum atomic E-state index is 8.52. The van der Waals surface area contributed by atoms with E-state index in [0.717, 1.165) is 0 Å². The first-order valence-electron chi connectivity index (χ1n) is 3.91. The summed E-state index contributed by atoms with van der Waals surface area (Å²) in [6.07, 6.45) is 0. The molecule has 0 aromatic carbocycles. The highest BCUT2D eigenvalue weighted by molar-refractivity contribution is 7.79. The maximum absolute atomic E-state index is 8.52. The number of hydrogen-bond acceptors (Lipinski definition) is 10. The average molecular weight is 284 g/mol. The predicted octanol–water partition coefficient (Wildman–Crippen LogP) is -1.36. The molecule has 0 aromatic rings. The van der Waals surface area contributed by atoms with Crippen molar-refractivity contribution in [3.63, 3.8) is 0 Å².